The van der Waals surface area contributed by atoms with Crippen LogP contribution in [0.1, 0.15) is 56.4 Å². The maximum atomic E-state index is 12.9. The molecule has 0 spiro atoms. The molecular formula is C27H39N3O2. The van der Waals surface area contributed by atoms with Gasteiger partial charge >= 0.3 is 0 Å². The van der Waals surface area contributed by atoms with E-state index in [1.807, 2.05) is 12.1 Å². The van der Waals surface area contributed by atoms with Gasteiger partial charge in [0.15, 0.2) is 0 Å². The van der Waals surface area contributed by atoms with E-state index in [4.69, 9.17) is 4.42 Å². The Morgan fingerprint density at radius 1 is 1.00 bits per heavy atom. The normalized spacial score (nSPS) is 21.2. The lowest BCUT2D eigenvalue weighted by Crippen LogP contribution is -2.50. The zero-order chi connectivity index (χ0) is 22.3. The molecule has 1 aromatic carbocycles. The number of rotatable bonds is 8. The molecule has 0 saturated carbocycles. The van der Waals surface area contributed by atoms with Gasteiger partial charge < -0.3 is 9.73 Å². The van der Waals surface area contributed by atoms with Crippen LogP contribution in [0.5, 0.6) is 0 Å². The number of benzene rings is 1. The summed E-state index contributed by atoms with van der Waals surface area (Å²) in [5, 5.41) is 3.38. The summed E-state index contributed by atoms with van der Waals surface area (Å²) in [6.07, 6.45) is 6.98. The monoisotopic (exact) mass is 437 g/mol. The predicted molar refractivity (Wildman–Crippen MR) is 128 cm³/mol. The maximum absolute atomic E-state index is 12.9. The summed E-state index contributed by atoms with van der Waals surface area (Å²) in [6, 6.07) is 13.3. The van der Waals surface area contributed by atoms with Crippen molar-refractivity contribution in [2.75, 3.05) is 26.2 Å². The molecule has 4 rings (SSSR count). The quantitative estimate of drug-likeness (QED) is 0.662. The molecule has 1 unspecified atom stereocenters. The molecule has 0 radical (unpaired) electrons. The van der Waals surface area contributed by atoms with Crippen molar-refractivity contribution < 1.29 is 9.21 Å². The highest BCUT2D eigenvalue weighted by Crippen LogP contribution is 2.21. The molecule has 0 bridgehead atoms. The predicted octanol–water partition coefficient (Wildman–Crippen LogP) is 4.47. The number of carbonyl (C=O) groups is 1. The Morgan fingerprint density at radius 3 is 2.44 bits per heavy atom. The highest BCUT2D eigenvalue weighted by Gasteiger charge is 2.28. The lowest BCUT2D eigenvalue weighted by atomic mass is 9.94. The van der Waals surface area contributed by atoms with E-state index in [0.717, 1.165) is 77.1 Å². The first kappa shape index (κ1) is 23.1. The molecule has 2 aromatic rings. The molecule has 1 amide bonds. The van der Waals surface area contributed by atoms with Crippen molar-refractivity contribution in [1.82, 2.24) is 15.1 Å². The van der Waals surface area contributed by atoms with Gasteiger partial charge in [-0.2, -0.15) is 0 Å². The minimum atomic E-state index is 0.145. The lowest BCUT2D eigenvalue weighted by Gasteiger charge is -2.35. The molecule has 1 aromatic heterocycles. The number of furan rings is 1. The zero-order valence-electron chi connectivity index (χ0n) is 19.8. The number of nitrogens with zero attached hydrogens (tertiary/aromatic N) is 2. The van der Waals surface area contributed by atoms with Gasteiger partial charge in [0, 0.05) is 25.0 Å². The van der Waals surface area contributed by atoms with Crippen LogP contribution in [0.25, 0.3) is 0 Å². The van der Waals surface area contributed by atoms with Crippen LogP contribution in [-0.2, 0) is 24.3 Å². The van der Waals surface area contributed by atoms with E-state index >= 15 is 0 Å². The maximum Gasteiger partial charge on any atom is 0.223 e. The molecule has 0 aliphatic carbocycles. The highest BCUT2D eigenvalue weighted by molar-refractivity contribution is 5.79. The van der Waals surface area contributed by atoms with Crippen molar-refractivity contribution in [1.29, 1.82) is 0 Å². The van der Waals surface area contributed by atoms with Crippen molar-refractivity contribution in [3.63, 3.8) is 0 Å². The van der Waals surface area contributed by atoms with Crippen LogP contribution < -0.4 is 5.32 Å². The molecule has 5 nitrogen and oxygen atoms in total. The average molecular weight is 438 g/mol. The first-order chi connectivity index (χ1) is 15.5. The Bertz CT molecular complexity index is 823. The summed E-state index contributed by atoms with van der Waals surface area (Å²) in [5.74, 6) is 2.10. The Morgan fingerprint density at radius 2 is 1.75 bits per heavy atom. The van der Waals surface area contributed by atoms with Gasteiger partial charge in [0.1, 0.15) is 5.76 Å². The van der Waals surface area contributed by atoms with Gasteiger partial charge in [0.2, 0.25) is 5.91 Å². The molecule has 2 aliphatic rings. The third-order valence-electron chi connectivity index (χ3n) is 6.84. The van der Waals surface area contributed by atoms with Gasteiger partial charge in [-0.1, -0.05) is 38.1 Å². The summed E-state index contributed by atoms with van der Waals surface area (Å²) in [4.78, 5) is 17.8. The molecule has 2 aliphatic heterocycles. The molecule has 1 atom stereocenters. The highest BCUT2D eigenvalue weighted by atomic mass is 16.3. The summed E-state index contributed by atoms with van der Waals surface area (Å²) in [5.41, 5.74) is 2.79. The second kappa shape index (κ2) is 11.2. The number of carbonyl (C=O) groups excluding carboxylic acids is 1. The van der Waals surface area contributed by atoms with E-state index < -0.39 is 0 Å². The molecular weight excluding hydrogens is 398 g/mol. The van der Waals surface area contributed by atoms with Crippen LogP contribution in [0.15, 0.2) is 47.1 Å². The molecule has 2 saturated heterocycles. The number of hydrogen-bond acceptors (Lipinski definition) is 4. The average Bonchev–Trinajstić information content (AvgIpc) is 3.29. The number of nitrogens with one attached hydrogen (secondary N) is 1. The molecule has 2 fully saturated rings. The van der Waals surface area contributed by atoms with Gasteiger partial charge in [-0.15, -0.1) is 0 Å². The molecule has 32 heavy (non-hydrogen) atoms. The van der Waals surface area contributed by atoms with E-state index in [-0.39, 0.29) is 17.9 Å². The van der Waals surface area contributed by atoms with Crippen LogP contribution in [-0.4, -0.2) is 47.9 Å². The van der Waals surface area contributed by atoms with Crippen LogP contribution >= 0.6 is 0 Å². The number of likely N-dealkylation sites (tertiary alicyclic amines) is 2. The third-order valence-corrected chi connectivity index (χ3v) is 6.84. The van der Waals surface area contributed by atoms with Crippen LogP contribution in [0.3, 0.4) is 0 Å². The number of amides is 1. The van der Waals surface area contributed by atoms with Gasteiger partial charge in [0.25, 0.3) is 0 Å². The zero-order valence-corrected chi connectivity index (χ0v) is 19.8. The molecule has 174 valence electrons. The summed E-state index contributed by atoms with van der Waals surface area (Å²) in [7, 11) is 0. The number of piperidine rings is 2. The fourth-order valence-corrected chi connectivity index (χ4v) is 5.12. The number of hydrogen-bond donors (Lipinski definition) is 1. The van der Waals surface area contributed by atoms with Crippen LogP contribution in [0.2, 0.25) is 0 Å². The van der Waals surface area contributed by atoms with Crippen molar-refractivity contribution >= 4 is 5.91 Å². The van der Waals surface area contributed by atoms with Crippen LogP contribution in [0.4, 0.5) is 0 Å². The second-order valence-corrected chi connectivity index (χ2v) is 10.1. The Labute approximate surface area is 193 Å². The van der Waals surface area contributed by atoms with E-state index in [9.17, 15) is 4.79 Å². The Balaban J connectivity index is 1.20. The summed E-state index contributed by atoms with van der Waals surface area (Å²) >= 11 is 0. The van der Waals surface area contributed by atoms with Crippen LogP contribution in [0, 0.1) is 11.8 Å². The summed E-state index contributed by atoms with van der Waals surface area (Å²) in [6.45, 7) is 10.3. The topological polar surface area (TPSA) is 48.7 Å². The van der Waals surface area contributed by atoms with Gasteiger partial charge in [-0.05, 0) is 80.9 Å². The second-order valence-electron chi connectivity index (χ2n) is 10.1. The smallest absolute Gasteiger partial charge is 0.223 e. The largest absolute Gasteiger partial charge is 0.468 e. The standard InChI is InChI=1S/C27H39N3O2/c1-21(2)17-22-7-9-23(10-8-22)18-30-13-3-5-25(19-30)28-27(31)24-11-14-29(15-12-24)20-26-6-4-16-32-26/h4,6-10,16,21,24-25H,3,5,11-15,17-20H2,1-2H3,(H,28,31). The van der Waals surface area contributed by atoms with Crippen molar-refractivity contribution in [2.24, 2.45) is 11.8 Å². The molecule has 5 heteroatoms. The first-order valence-corrected chi connectivity index (χ1v) is 12.4. The van der Waals surface area contributed by atoms with Gasteiger partial charge in [0.05, 0.1) is 12.8 Å². The van der Waals surface area contributed by atoms with E-state index in [1.54, 1.807) is 6.26 Å². The molecule has 1 N–H and O–H groups in total. The van der Waals surface area contributed by atoms with Gasteiger partial charge in [-0.25, -0.2) is 0 Å². The fourth-order valence-electron chi connectivity index (χ4n) is 5.12. The SMILES string of the molecule is CC(C)Cc1ccc(CN2CCCC(NC(=O)C3CCN(Cc4ccco4)CC3)C2)cc1. The summed E-state index contributed by atoms with van der Waals surface area (Å²) < 4.78 is 5.46. The Hall–Kier alpha value is -2.11. The fraction of sp³-hybridized carbons (Fsp3) is 0.593. The third kappa shape index (κ3) is 6.69. The minimum Gasteiger partial charge on any atom is -0.468 e. The first-order valence-electron chi connectivity index (χ1n) is 12.4. The van der Waals surface area contributed by atoms with E-state index in [1.165, 1.54) is 11.1 Å². The van der Waals surface area contributed by atoms with E-state index in [2.05, 4.69) is 53.2 Å². The van der Waals surface area contributed by atoms with Crippen molar-refractivity contribution in [3.8, 4) is 0 Å². The van der Waals surface area contributed by atoms with E-state index in [0.29, 0.717) is 5.92 Å². The molecule has 3 heterocycles. The lowest BCUT2D eigenvalue weighted by molar-refractivity contribution is -0.127. The Kier molecular flexibility index (Phi) is 8.04. The van der Waals surface area contributed by atoms with Crippen molar-refractivity contribution in [2.45, 2.75) is 65.1 Å². The van der Waals surface area contributed by atoms with Gasteiger partial charge in [-0.3, -0.25) is 14.6 Å². The minimum absolute atomic E-state index is 0.145. The van der Waals surface area contributed by atoms with Crippen molar-refractivity contribution in [3.05, 3.63) is 59.5 Å².